The van der Waals surface area contributed by atoms with Crippen LogP contribution in [0.2, 0.25) is 0 Å². The van der Waals surface area contributed by atoms with E-state index in [0.29, 0.717) is 0 Å². The minimum absolute atomic E-state index is 0.142. The number of fused-ring (bicyclic) bond motifs is 1. The fraction of sp³-hybridized carbons (Fsp3) is 0.364. The number of aromatic nitrogens is 1. The molecule has 1 N–H and O–H groups in total. The zero-order valence-electron chi connectivity index (χ0n) is 16.1. The number of piperazine rings is 1. The molecule has 0 amide bonds. The predicted octanol–water partition coefficient (Wildman–Crippen LogP) is 3.74. The van der Waals surface area contributed by atoms with Crippen LogP contribution in [0.1, 0.15) is 5.56 Å². The summed E-state index contributed by atoms with van der Waals surface area (Å²) >= 11 is 0. The van der Waals surface area contributed by atoms with Gasteiger partial charge in [0.1, 0.15) is 5.82 Å². The number of hydrogen-bond acceptors (Lipinski definition) is 3. The maximum absolute atomic E-state index is 14.8. The molecule has 4 rings (SSSR count). The smallest absolute Gasteiger partial charge is 0.148 e. The number of hydrogen-bond donors (Lipinski definition) is 1. The molecule has 1 aliphatic rings. The Hall–Kier alpha value is -2.53. The first kappa shape index (κ1) is 17.9. The lowest BCUT2D eigenvalue weighted by atomic mass is 10.1. The highest BCUT2D eigenvalue weighted by atomic mass is 19.1. The van der Waals surface area contributed by atoms with Crippen LogP contribution < -0.4 is 9.80 Å². The number of aromatic amines is 1. The van der Waals surface area contributed by atoms with Crippen LogP contribution in [0.4, 0.5) is 15.8 Å². The van der Waals surface area contributed by atoms with Gasteiger partial charge in [0.15, 0.2) is 0 Å². The summed E-state index contributed by atoms with van der Waals surface area (Å²) in [7, 11) is 4.15. The van der Waals surface area contributed by atoms with Gasteiger partial charge in [0.25, 0.3) is 0 Å². The van der Waals surface area contributed by atoms with Gasteiger partial charge in [0, 0.05) is 61.6 Å². The molecule has 0 saturated carbocycles. The summed E-state index contributed by atoms with van der Waals surface area (Å²) in [6.45, 7) is 4.45. The third kappa shape index (κ3) is 3.78. The van der Waals surface area contributed by atoms with Crippen molar-refractivity contribution in [1.82, 2.24) is 9.88 Å². The second-order valence-electron chi connectivity index (χ2n) is 7.53. The van der Waals surface area contributed by atoms with E-state index in [-0.39, 0.29) is 5.82 Å². The van der Waals surface area contributed by atoms with Crippen LogP contribution in [0.3, 0.4) is 0 Å². The number of nitrogens with one attached hydrogen (secondary N) is 1. The average Bonchev–Trinajstić information content (AvgIpc) is 3.08. The maximum Gasteiger partial charge on any atom is 0.148 e. The van der Waals surface area contributed by atoms with Gasteiger partial charge < -0.3 is 19.7 Å². The summed E-state index contributed by atoms with van der Waals surface area (Å²) in [5.41, 5.74) is 4.10. The minimum Gasteiger partial charge on any atom is -0.368 e. The van der Waals surface area contributed by atoms with Gasteiger partial charge >= 0.3 is 0 Å². The molecule has 1 saturated heterocycles. The van der Waals surface area contributed by atoms with Crippen molar-refractivity contribution in [2.75, 3.05) is 56.6 Å². The lowest BCUT2D eigenvalue weighted by Crippen LogP contribution is -2.46. The van der Waals surface area contributed by atoms with Gasteiger partial charge in [-0.1, -0.05) is 18.2 Å². The number of likely N-dealkylation sites (N-methyl/N-ethyl adjacent to an activating group) is 1. The highest BCUT2D eigenvalue weighted by Crippen LogP contribution is 2.29. The van der Waals surface area contributed by atoms with Gasteiger partial charge in [-0.3, -0.25) is 0 Å². The van der Waals surface area contributed by atoms with Gasteiger partial charge in [0.05, 0.1) is 5.69 Å². The van der Waals surface area contributed by atoms with Crippen molar-refractivity contribution in [3.63, 3.8) is 0 Å². The summed E-state index contributed by atoms with van der Waals surface area (Å²) < 4.78 is 14.8. The first-order chi connectivity index (χ1) is 13.1. The molecule has 1 fully saturated rings. The molecule has 0 atom stereocenters. The van der Waals surface area contributed by atoms with Crippen molar-refractivity contribution in [3.8, 4) is 0 Å². The molecule has 2 aromatic carbocycles. The van der Waals surface area contributed by atoms with Gasteiger partial charge in [0.2, 0.25) is 0 Å². The SMILES string of the molecule is CN(C)CCc1c[nH]c2cc(F)c(N3CCN(c4ccccc4)CC3)cc12. The molecule has 0 spiro atoms. The largest absolute Gasteiger partial charge is 0.368 e. The molecule has 27 heavy (non-hydrogen) atoms. The van der Waals surface area contributed by atoms with Crippen LogP contribution in [0.15, 0.2) is 48.7 Å². The van der Waals surface area contributed by atoms with Crippen molar-refractivity contribution < 1.29 is 4.39 Å². The molecule has 3 aromatic rings. The van der Waals surface area contributed by atoms with Crippen molar-refractivity contribution in [2.24, 2.45) is 0 Å². The van der Waals surface area contributed by atoms with E-state index in [9.17, 15) is 4.39 Å². The molecular formula is C22H27FN4. The minimum atomic E-state index is -0.142. The van der Waals surface area contributed by atoms with Crippen LogP contribution >= 0.6 is 0 Å². The Bertz CT molecular complexity index is 895. The summed E-state index contributed by atoms with van der Waals surface area (Å²) in [4.78, 5) is 9.94. The van der Waals surface area contributed by atoms with E-state index in [1.165, 1.54) is 11.3 Å². The fourth-order valence-corrected chi connectivity index (χ4v) is 3.83. The van der Waals surface area contributed by atoms with Gasteiger partial charge in [-0.2, -0.15) is 0 Å². The Morgan fingerprint density at radius 1 is 1.00 bits per heavy atom. The van der Waals surface area contributed by atoms with Crippen LogP contribution in [-0.2, 0) is 6.42 Å². The van der Waals surface area contributed by atoms with Crippen molar-refractivity contribution >= 4 is 22.3 Å². The zero-order chi connectivity index (χ0) is 18.8. The molecule has 0 unspecified atom stereocenters. The Morgan fingerprint density at radius 3 is 2.41 bits per heavy atom. The van der Waals surface area contributed by atoms with Gasteiger partial charge in [-0.05, 0) is 44.3 Å². The number of H-pyrrole nitrogens is 1. The maximum atomic E-state index is 14.8. The van der Waals surface area contributed by atoms with E-state index < -0.39 is 0 Å². The second kappa shape index (κ2) is 7.61. The molecule has 0 aliphatic carbocycles. The Balaban J connectivity index is 1.53. The van der Waals surface area contributed by atoms with Crippen LogP contribution in [-0.4, -0.2) is 56.7 Å². The van der Waals surface area contributed by atoms with Crippen LogP contribution in [0.5, 0.6) is 0 Å². The Kier molecular flexibility index (Phi) is 5.03. The van der Waals surface area contributed by atoms with Crippen molar-refractivity contribution in [2.45, 2.75) is 6.42 Å². The summed E-state index contributed by atoms with van der Waals surface area (Å²) in [6.07, 6.45) is 2.98. The van der Waals surface area contributed by atoms with Gasteiger partial charge in [-0.15, -0.1) is 0 Å². The van der Waals surface area contributed by atoms with Crippen molar-refractivity contribution in [1.29, 1.82) is 0 Å². The lowest BCUT2D eigenvalue weighted by Gasteiger charge is -2.37. The highest BCUT2D eigenvalue weighted by Gasteiger charge is 2.21. The Labute approximate surface area is 160 Å². The molecule has 0 radical (unpaired) electrons. The average molecular weight is 366 g/mol. The first-order valence-corrected chi connectivity index (χ1v) is 9.61. The van der Waals surface area contributed by atoms with Crippen LogP contribution in [0, 0.1) is 5.82 Å². The number of para-hydroxylation sites is 1. The number of rotatable bonds is 5. The third-order valence-electron chi connectivity index (χ3n) is 5.40. The molecule has 1 aromatic heterocycles. The number of anilines is 2. The molecule has 2 heterocycles. The Morgan fingerprint density at radius 2 is 1.70 bits per heavy atom. The van der Waals surface area contributed by atoms with Crippen LogP contribution in [0.25, 0.3) is 10.9 Å². The quantitative estimate of drug-likeness (QED) is 0.745. The van der Waals surface area contributed by atoms with E-state index in [1.54, 1.807) is 6.07 Å². The first-order valence-electron chi connectivity index (χ1n) is 9.61. The van der Waals surface area contributed by atoms with Gasteiger partial charge in [-0.25, -0.2) is 4.39 Å². The number of halogens is 1. The second-order valence-corrected chi connectivity index (χ2v) is 7.53. The fourth-order valence-electron chi connectivity index (χ4n) is 3.83. The number of nitrogens with zero attached hydrogens (tertiary/aromatic N) is 3. The van der Waals surface area contributed by atoms with E-state index in [2.05, 4.69) is 58.0 Å². The van der Waals surface area contributed by atoms with E-state index in [0.717, 1.165) is 55.7 Å². The molecule has 0 bridgehead atoms. The molecule has 4 nitrogen and oxygen atoms in total. The lowest BCUT2D eigenvalue weighted by molar-refractivity contribution is 0.414. The molecular weight excluding hydrogens is 339 g/mol. The normalized spacial score (nSPS) is 15.1. The number of benzene rings is 2. The predicted molar refractivity (Wildman–Crippen MR) is 111 cm³/mol. The monoisotopic (exact) mass is 366 g/mol. The van der Waals surface area contributed by atoms with Crippen molar-refractivity contribution in [3.05, 3.63) is 60.0 Å². The third-order valence-corrected chi connectivity index (χ3v) is 5.40. The molecule has 142 valence electrons. The van der Waals surface area contributed by atoms with E-state index >= 15 is 0 Å². The summed E-state index contributed by atoms with van der Waals surface area (Å²) in [5, 5.41) is 1.14. The molecule has 1 aliphatic heterocycles. The summed E-state index contributed by atoms with van der Waals surface area (Å²) in [5.74, 6) is -0.142. The summed E-state index contributed by atoms with van der Waals surface area (Å²) in [6, 6.07) is 14.1. The standard InChI is InChI=1S/C22H27FN4/c1-25(2)9-8-17-16-24-21-15-20(23)22(14-19(17)21)27-12-10-26(11-13-27)18-6-4-3-5-7-18/h3-7,14-16,24H,8-13H2,1-2H3. The van der Waals surface area contributed by atoms with E-state index in [4.69, 9.17) is 0 Å². The molecule has 5 heteroatoms. The highest BCUT2D eigenvalue weighted by molar-refractivity contribution is 5.87. The topological polar surface area (TPSA) is 25.5 Å². The van der Waals surface area contributed by atoms with E-state index in [1.807, 2.05) is 18.3 Å². The zero-order valence-corrected chi connectivity index (χ0v) is 16.1.